The molecule has 0 radical (unpaired) electrons. The average molecular weight is 388 g/mol. The molecule has 1 amide bonds. The van der Waals surface area contributed by atoms with Crippen molar-refractivity contribution >= 4 is 16.8 Å². The Labute approximate surface area is 169 Å². The number of hydrogen-bond donors (Lipinski definition) is 2. The van der Waals surface area contributed by atoms with Crippen LogP contribution in [-0.2, 0) is 13.1 Å². The van der Waals surface area contributed by atoms with Gasteiger partial charge in [-0.1, -0.05) is 30.3 Å². The van der Waals surface area contributed by atoms with Crippen molar-refractivity contribution in [1.29, 1.82) is 0 Å². The minimum Gasteiger partial charge on any atom is -0.497 e. The standard InChI is InChI=1S/C23H24N4O2/c1-15-20(16(2)27(26-15)14-17-7-5-4-6-8-17)13-24-23(28)22-11-18-9-10-19(29-3)12-21(18)25-22/h4-12,25H,13-14H2,1-3H3,(H,24,28). The van der Waals surface area contributed by atoms with Crippen LogP contribution in [0.5, 0.6) is 5.75 Å². The zero-order valence-corrected chi connectivity index (χ0v) is 16.8. The Morgan fingerprint density at radius 3 is 2.69 bits per heavy atom. The molecule has 2 heterocycles. The molecule has 4 rings (SSSR count). The predicted octanol–water partition coefficient (Wildman–Crippen LogP) is 3.97. The highest BCUT2D eigenvalue weighted by Crippen LogP contribution is 2.21. The number of fused-ring (bicyclic) bond motifs is 1. The molecule has 148 valence electrons. The van der Waals surface area contributed by atoms with Crippen LogP contribution in [0.15, 0.2) is 54.6 Å². The maximum atomic E-state index is 12.7. The number of aryl methyl sites for hydroxylation is 1. The SMILES string of the molecule is COc1ccc2cc(C(=O)NCc3c(C)nn(Cc4ccccc4)c3C)[nH]c2c1. The Morgan fingerprint density at radius 1 is 1.14 bits per heavy atom. The normalized spacial score (nSPS) is 11.0. The third-order valence-corrected chi connectivity index (χ3v) is 5.21. The van der Waals surface area contributed by atoms with E-state index in [0.717, 1.165) is 33.6 Å². The second-order valence-corrected chi connectivity index (χ2v) is 7.11. The lowest BCUT2D eigenvalue weighted by Gasteiger charge is -2.07. The number of carbonyl (C=O) groups is 1. The van der Waals surface area contributed by atoms with Crippen LogP contribution in [0.4, 0.5) is 0 Å². The lowest BCUT2D eigenvalue weighted by molar-refractivity contribution is 0.0946. The molecule has 0 atom stereocenters. The highest BCUT2D eigenvalue weighted by atomic mass is 16.5. The summed E-state index contributed by atoms with van der Waals surface area (Å²) in [5.41, 5.74) is 5.64. The molecule has 2 aromatic heterocycles. The predicted molar refractivity (Wildman–Crippen MR) is 113 cm³/mol. The number of carbonyl (C=O) groups excluding carboxylic acids is 1. The van der Waals surface area contributed by atoms with E-state index in [2.05, 4.69) is 27.5 Å². The third-order valence-electron chi connectivity index (χ3n) is 5.21. The van der Waals surface area contributed by atoms with E-state index in [9.17, 15) is 4.79 Å². The molecule has 0 spiro atoms. The summed E-state index contributed by atoms with van der Waals surface area (Å²) < 4.78 is 7.23. The maximum absolute atomic E-state index is 12.7. The number of hydrogen-bond acceptors (Lipinski definition) is 3. The van der Waals surface area contributed by atoms with Gasteiger partial charge in [-0.25, -0.2) is 0 Å². The Morgan fingerprint density at radius 2 is 1.93 bits per heavy atom. The number of methoxy groups -OCH3 is 1. The molecule has 6 nitrogen and oxygen atoms in total. The van der Waals surface area contributed by atoms with Gasteiger partial charge in [-0.15, -0.1) is 0 Å². The lowest BCUT2D eigenvalue weighted by Crippen LogP contribution is -2.23. The highest BCUT2D eigenvalue weighted by Gasteiger charge is 2.15. The molecule has 0 unspecified atom stereocenters. The highest BCUT2D eigenvalue weighted by molar-refractivity contribution is 5.98. The lowest BCUT2D eigenvalue weighted by atomic mass is 10.2. The first kappa shape index (κ1) is 18.8. The molecule has 2 N–H and O–H groups in total. The van der Waals surface area contributed by atoms with Crippen LogP contribution in [0, 0.1) is 13.8 Å². The van der Waals surface area contributed by atoms with Crippen molar-refractivity contribution in [3.63, 3.8) is 0 Å². The molecular weight excluding hydrogens is 364 g/mol. The van der Waals surface area contributed by atoms with E-state index in [1.807, 2.05) is 61.0 Å². The van der Waals surface area contributed by atoms with Crippen molar-refractivity contribution in [2.45, 2.75) is 26.9 Å². The number of aromatic nitrogens is 3. The summed E-state index contributed by atoms with van der Waals surface area (Å²) in [7, 11) is 1.63. The average Bonchev–Trinajstić information content (AvgIpc) is 3.27. The summed E-state index contributed by atoms with van der Waals surface area (Å²) in [6, 6.07) is 17.8. The quantitative estimate of drug-likeness (QED) is 0.525. The zero-order chi connectivity index (χ0) is 20.4. The Hall–Kier alpha value is -3.54. The number of ether oxygens (including phenoxy) is 1. The Kier molecular flexibility index (Phi) is 5.08. The van der Waals surface area contributed by atoms with Crippen LogP contribution in [0.1, 0.15) is 33.0 Å². The molecule has 29 heavy (non-hydrogen) atoms. The summed E-state index contributed by atoms with van der Waals surface area (Å²) in [6.07, 6.45) is 0. The second kappa shape index (κ2) is 7.83. The molecule has 0 saturated heterocycles. The van der Waals surface area contributed by atoms with E-state index in [1.165, 1.54) is 5.56 Å². The summed E-state index contributed by atoms with van der Waals surface area (Å²) >= 11 is 0. The molecule has 4 aromatic rings. The molecule has 0 aliphatic rings. The van der Waals surface area contributed by atoms with Crippen LogP contribution in [0.25, 0.3) is 10.9 Å². The summed E-state index contributed by atoms with van der Waals surface area (Å²) in [4.78, 5) is 15.8. The topological polar surface area (TPSA) is 71.9 Å². The van der Waals surface area contributed by atoms with Crippen molar-refractivity contribution in [3.05, 3.63) is 82.8 Å². The minimum atomic E-state index is -0.144. The van der Waals surface area contributed by atoms with Gasteiger partial charge in [0.2, 0.25) is 0 Å². The van der Waals surface area contributed by atoms with Gasteiger partial charge >= 0.3 is 0 Å². The summed E-state index contributed by atoms with van der Waals surface area (Å²) in [5, 5.41) is 8.63. The Balaban J connectivity index is 1.48. The molecule has 0 fully saturated rings. The number of benzene rings is 2. The van der Waals surface area contributed by atoms with Crippen LogP contribution < -0.4 is 10.1 Å². The van der Waals surface area contributed by atoms with Crippen molar-refractivity contribution in [2.75, 3.05) is 7.11 Å². The van der Waals surface area contributed by atoms with E-state index in [0.29, 0.717) is 18.8 Å². The van der Waals surface area contributed by atoms with E-state index >= 15 is 0 Å². The third kappa shape index (κ3) is 3.87. The van der Waals surface area contributed by atoms with Crippen LogP contribution in [0.2, 0.25) is 0 Å². The van der Waals surface area contributed by atoms with Crippen molar-refractivity contribution in [1.82, 2.24) is 20.1 Å². The largest absolute Gasteiger partial charge is 0.497 e. The van der Waals surface area contributed by atoms with Crippen LogP contribution >= 0.6 is 0 Å². The van der Waals surface area contributed by atoms with E-state index in [4.69, 9.17) is 4.74 Å². The first-order chi connectivity index (χ1) is 14.0. The number of H-pyrrole nitrogens is 1. The van der Waals surface area contributed by atoms with Gasteiger partial charge in [0.25, 0.3) is 5.91 Å². The second-order valence-electron chi connectivity index (χ2n) is 7.11. The fourth-order valence-corrected chi connectivity index (χ4v) is 3.52. The Bertz CT molecular complexity index is 1160. The number of aromatic amines is 1. The van der Waals surface area contributed by atoms with Gasteiger partial charge in [-0.05, 0) is 37.6 Å². The fourth-order valence-electron chi connectivity index (χ4n) is 3.52. The van der Waals surface area contributed by atoms with Gasteiger partial charge in [0.1, 0.15) is 11.4 Å². The molecule has 6 heteroatoms. The van der Waals surface area contributed by atoms with E-state index < -0.39 is 0 Å². The zero-order valence-electron chi connectivity index (χ0n) is 16.8. The maximum Gasteiger partial charge on any atom is 0.267 e. The first-order valence-electron chi connectivity index (χ1n) is 9.57. The van der Waals surface area contributed by atoms with Gasteiger partial charge < -0.3 is 15.0 Å². The fraction of sp³-hybridized carbons (Fsp3) is 0.217. The number of rotatable bonds is 6. The molecular formula is C23H24N4O2. The molecule has 0 aliphatic carbocycles. The van der Waals surface area contributed by atoms with Gasteiger partial charge in [0, 0.05) is 34.8 Å². The van der Waals surface area contributed by atoms with Crippen LogP contribution in [0.3, 0.4) is 0 Å². The minimum absolute atomic E-state index is 0.144. The first-order valence-corrected chi connectivity index (χ1v) is 9.57. The van der Waals surface area contributed by atoms with Gasteiger partial charge in [-0.2, -0.15) is 5.10 Å². The van der Waals surface area contributed by atoms with Crippen LogP contribution in [-0.4, -0.2) is 27.8 Å². The van der Waals surface area contributed by atoms with Gasteiger partial charge in [0.05, 0.1) is 19.3 Å². The van der Waals surface area contributed by atoms with Crippen molar-refractivity contribution < 1.29 is 9.53 Å². The number of nitrogens with one attached hydrogen (secondary N) is 2. The van der Waals surface area contributed by atoms with Crippen molar-refractivity contribution in [2.24, 2.45) is 0 Å². The van der Waals surface area contributed by atoms with E-state index in [1.54, 1.807) is 7.11 Å². The molecule has 0 aliphatic heterocycles. The smallest absolute Gasteiger partial charge is 0.267 e. The van der Waals surface area contributed by atoms with E-state index in [-0.39, 0.29) is 5.91 Å². The van der Waals surface area contributed by atoms with Gasteiger partial charge in [0.15, 0.2) is 0 Å². The number of amides is 1. The molecule has 2 aromatic carbocycles. The van der Waals surface area contributed by atoms with Gasteiger partial charge in [-0.3, -0.25) is 9.48 Å². The molecule has 0 bridgehead atoms. The number of nitrogens with zero attached hydrogens (tertiary/aromatic N) is 2. The summed E-state index contributed by atoms with van der Waals surface area (Å²) in [5.74, 6) is 0.609. The summed E-state index contributed by atoms with van der Waals surface area (Å²) in [6.45, 7) is 5.17. The monoisotopic (exact) mass is 388 g/mol. The molecule has 0 saturated carbocycles. The van der Waals surface area contributed by atoms with Crippen molar-refractivity contribution in [3.8, 4) is 5.75 Å².